The van der Waals surface area contributed by atoms with Crippen LogP contribution < -0.4 is 19.7 Å². The third kappa shape index (κ3) is 1.70. The fourth-order valence-electron chi connectivity index (χ4n) is 3.83. The number of aromatic nitrogens is 1. The van der Waals surface area contributed by atoms with Gasteiger partial charge in [0, 0.05) is 37.8 Å². The van der Waals surface area contributed by atoms with Gasteiger partial charge in [0.1, 0.15) is 5.82 Å². The number of rotatable bonds is 1. The van der Waals surface area contributed by atoms with Gasteiger partial charge in [-0.3, -0.25) is 0 Å². The van der Waals surface area contributed by atoms with Gasteiger partial charge in [-0.25, -0.2) is 4.98 Å². The minimum atomic E-state index is 0.313. The summed E-state index contributed by atoms with van der Waals surface area (Å²) < 4.78 is 11.0. The maximum absolute atomic E-state index is 5.52. The first-order valence-electron chi connectivity index (χ1n) is 7.52. The SMILES string of the molecule is c1cc2cc3c(cc2c(N2CC4CNCC4C2)n1)OCO3. The molecule has 0 bridgehead atoms. The fourth-order valence-corrected chi connectivity index (χ4v) is 3.83. The van der Waals surface area contributed by atoms with Crippen LogP contribution in [0.5, 0.6) is 11.5 Å². The van der Waals surface area contributed by atoms with Gasteiger partial charge in [-0.05, 0) is 35.4 Å². The van der Waals surface area contributed by atoms with Gasteiger partial charge in [0.05, 0.1) is 0 Å². The van der Waals surface area contributed by atoms with Gasteiger partial charge in [-0.2, -0.15) is 0 Å². The Morgan fingerprint density at radius 3 is 2.67 bits per heavy atom. The van der Waals surface area contributed by atoms with Crippen molar-refractivity contribution in [1.82, 2.24) is 10.3 Å². The van der Waals surface area contributed by atoms with E-state index in [9.17, 15) is 0 Å². The van der Waals surface area contributed by atoms with E-state index < -0.39 is 0 Å². The normalized spacial score (nSPS) is 26.6. The lowest BCUT2D eigenvalue weighted by Gasteiger charge is -2.20. The first-order valence-corrected chi connectivity index (χ1v) is 7.52. The zero-order chi connectivity index (χ0) is 13.8. The highest BCUT2D eigenvalue weighted by atomic mass is 16.7. The first kappa shape index (κ1) is 11.6. The van der Waals surface area contributed by atoms with E-state index >= 15 is 0 Å². The molecular formula is C16H17N3O2. The van der Waals surface area contributed by atoms with Crippen LogP contribution in [0.2, 0.25) is 0 Å². The van der Waals surface area contributed by atoms with Crippen LogP contribution in [0.4, 0.5) is 5.82 Å². The number of benzene rings is 1. The molecule has 1 aromatic carbocycles. The molecule has 2 saturated heterocycles. The van der Waals surface area contributed by atoms with Gasteiger partial charge < -0.3 is 19.7 Å². The molecule has 4 heterocycles. The zero-order valence-electron chi connectivity index (χ0n) is 11.7. The van der Waals surface area contributed by atoms with Crippen molar-refractivity contribution in [1.29, 1.82) is 0 Å². The lowest BCUT2D eigenvalue weighted by Crippen LogP contribution is -2.26. The molecule has 2 atom stereocenters. The zero-order valence-corrected chi connectivity index (χ0v) is 11.7. The van der Waals surface area contributed by atoms with Crippen LogP contribution in [0, 0.1) is 11.8 Å². The monoisotopic (exact) mass is 283 g/mol. The summed E-state index contributed by atoms with van der Waals surface area (Å²) in [5, 5.41) is 5.81. The second kappa shape index (κ2) is 4.24. The Bertz CT molecular complexity index is 706. The number of hydrogen-bond donors (Lipinski definition) is 1. The van der Waals surface area contributed by atoms with Gasteiger partial charge in [-0.1, -0.05) is 0 Å². The van der Waals surface area contributed by atoms with E-state index in [1.807, 2.05) is 12.3 Å². The number of fused-ring (bicyclic) bond motifs is 3. The number of nitrogens with one attached hydrogen (secondary N) is 1. The predicted molar refractivity (Wildman–Crippen MR) is 79.9 cm³/mol. The summed E-state index contributed by atoms with van der Waals surface area (Å²) in [5.74, 6) is 4.27. The average molecular weight is 283 g/mol. The lowest BCUT2D eigenvalue weighted by atomic mass is 10.0. The maximum atomic E-state index is 5.52. The summed E-state index contributed by atoms with van der Waals surface area (Å²) in [6.45, 7) is 4.78. The molecule has 0 amide bonds. The standard InChI is InChI=1S/C16H17N3O2/c1-2-18-16(19-7-11-5-17-6-12(11)8-19)13-4-15-14(3-10(1)13)20-9-21-15/h1-4,11-12,17H,5-9H2. The van der Waals surface area contributed by atoms with Crippen LogP contribution in [-0.2, 0) is 0 Å². The third-order valence-corrected chi connectivity index (χ3v) is 4.93. The van der Waals surface area contributed by atoms with Gasteiger partial charge in [0.2, 0.25) is 6.79 Å². The summed E-state index contributed by atoms with van der Waals surface area (Å²) in [5.41, 5.74) is 0. The van der Waals surface area contributed by atoms with E-state index in [1.54, 1.807) is 0 Å². The molecular weight excluding hydrogens is 266 g/mol. The van der Waals surface area contributed by atoms with E-state index in [0.717, 1.165) is 60.7 Å². The minimum Gasteiger partial charge on any atom is -0.454 e. The van der Waals surface area contributed by atoms with E-state index in [0.29, 0.717) is 6.79 Å². The predicted octanol–water partition coefficient (Wildman–Crippen LogP) is 1.62. The Kier molecular flexibility index (Phi) is 2.35. The molecule has 3 aliphatic rings. The molecule has 0 spiro atoms. The van der Waals surface area contributed by atoms with Crippen molar-refractivity contribution >= 4 is 16.6 Å². The summed E-state index contributed by atoms with van der Waals surface area (Å²) in [6, 6.07) is 6.17. The molecule has 2 aromatic rings. The van der Waals surface area contributed by atoms with Gasteiger partial charge in [0.15, 0.2) is 11.5 Å². The Hall–Kier alpha value is -2.01. The Morgan fingerprint density at radius 2 is 1.86 bits per heavy atom. The summed E-state index contributed by atoms with van der Waals surface area (Å²) >= 11 is 0. The van der Waals surface area contributed by atoms with Crippen LogP contribution >= 0.6 is 0 Å². The molecule has 5 nitrogen and oxygen atoms in total. The highest BCUT2D eigenvalue weighted by molar-refractivity contribution is 5.94. The lowest BCUT2D eigenvalue weighted by molar-refractivity contribution is 0.174. The van der Waals surface area contributed by atoms with E-state index in [4.69, 9.17) is 9.47 Å². The van der Waals surface area contributed by atoms with Crippen molar-refractivity contribution < 1.29 is 9.47 Å². The number of nitrogens with zero attached hydrogens (tertiary/aromatic N) is 2. The molecule has 3 aliphatic heterocycles. The van der Waals surface area contributed by atoms with Crippen molar-refractivity contribution in [3.63, 3.8) is 0 Å². The van der Waals surface area contributed by atoms with Gasteiger partial charge in [0.25, 0.3) is 0 Å². The van der Waals surface area contributed by atoms with Gasteiger partial charge in [-0.15, -0.1) is 0 Å². The summed E-state index contributed by atoms with van der Waals surface area (Å²) in [6.07, 6.45) is 1.90. The number of hydrogen-bond acceptors (Lipinski definition) is 5. The van der Waals surface area contributed by atoms with E-state index in [2.05, 4.69) is 27.3 Å². The van der Waals surface area contributed by atoms with Crippen LogP contribution in [0.1, 0.15) is 0 Å². The Labute approximate surface area is 122 Å². The van der Waals surface area contributed by atoms with Crippen molar-refractivity contribution in [3.8, 4) is 11.5 Å². The molecule has 0 aliphatic carbocycles. The molecule has 5 rings (SSSR count). The second-order valence-corrected chi connectivity index (χ2v) is 6.14. The van der Waals surface area contributed by atoms with Crippen LogP contribution in [0.25, 0.3) is 10.8 Å². The summed E-state index contributed by atoms with van der Waals surface area (Å²) in [4.78, 5) is 7.08. The third-order valence-electron chi connectivity index (χ3n) is 4.93. The number of pyridine rings is 1. The smallest absolute Gasteiger partial charge is 0.231 e. The first-order chi connectivity index (χ1) is 10.4. The summed E-state index contributed by atoms with van der Waals surface area (Å²) in [7, 11) is 0. The Morgan fingerprint density at radius 1 is 1.10 bits per heavy atom. The quantitative estimate of drug-likeness (QED) is 0.861. The average Bonchev–Trinajstić information content (AvgIpc) is 3.18. The molecule has 0 saturated carbocycles. The molecule has 0 radical (unpaired) electrons. The van der Waals surface area contributed by atoms with Crippen LogP contribution in [0.15, 0.2) is 24.4 Å². The largest absolute Gasteiger partial charge is 0.454 e. The van der Waals surface area contributed by atoms with Crippen LogP contribution in [-0.4, -0.2) is 38.0 Å². The Balaban J connectivity index is 1.60. The molecule has 2 fully saturated rings. The molecule has 108 valence electrons. The van der Waals surface area contributed by atoms with Crippen molar-refractivity contribution in [2.75, 3.05) is 37.9 Å². The van der Waals surface area contributed by atoms with Crippen LogP contribution in [0.3, 0.4) is 0 Å². The molecule has 21 heavy (non-hydrogen) atoms. The molecule has 1 aromatic heterocycles. The molecule has 5 heteroatoms. The maximum Gasteiger partial charge on any atom is 0.231 e. The highest BCUT2D eigenvalue weighted by Gasteiger charge is 2.37. The fraction of sp³-hybridized carbons (Fsp3) is 0.438. The number of ether oxygens (including phenoxy) is 2. The van der Waals surface area contributed by atoms with E-state index in [1.165, 1.54) is 5.39 Å². The topological polar surface area (TPSA) is 46.6 Å². The highest BCUT2D eigenvalue weighted by Crippen LogP contribution is 2.40. The van der Waals surface area contributed by atoms with Gasteiger partial charge >= 0.3 is 0 Å². The van der Waals surface area contributed by atoms with E-state index in [-0.39, 0.29) is 0 Å². The number of anilines is 1. The molecule has 2 unspecified atom stereocenters. The van der Waals surface area contributed by atoms with Crippen molar-refractivity contribution in [2.45, 2.75) is 0 Å². The van der Waals surface area contributed by atoms with Crippen molar-refractivity contribution in [3.05, 3.63) is 24.4 Å². The molecule has 1 N–H and O–H groups in total. The second-order valence-electron chi connectivity index (χ2n) is 6.14. The van der Waals surface area contributed by atoms with Crippen molar-refractivity contribution in [2.24, 2.45) is 11.8 Å². The minimum absolute atomic E-state index is 0.313.